The maximum atomic E-state index is 11.1. The van der Waals surface area contributed by atoms with Gasteiger partial charge < -0.3 is 4.74 Å². The molecule has 0 saturated carbocycles. The molecule has 1 aromatic rings. The van der Waals surface area contributed by atoms with Gasteiger partial charge in [-0.05, 0) is 35.0 Å². The molecular weight excluding hydrogens is 240 g/mol. The summed E-state index contributed by atoms with van der Waals surface area (Å²) in [7, 11) is 1.40. The first-order valence-corrected chi connectivity index (χ1v) is 5.09. The number of hydrogen-bond donors (Lipinski definition) is 0. The predicted molar refractivity (Wildman–Crippen MR) is 52.5 cm³/mol. The minimum atomic E-state index is -0.190. The molecule has 1 atom stereocenters. The van der Waals surface area contributed by atoms with Crippen LogP contribution in [-0.2, 0) is 9.53 Å². The van der Waals surface area contributed by atoms with E-state index < -0.39 is 0 Å². The zero-order chi connectivity index (χ0) is 9.14. The Morgan fingerprint density at radius 1 is 1.67 bits per heavy atom. The average molecular weight is 249 g/mol. The summed E-state index contributed by atoms with van der Waals surface area (Å²) in [6.07, 6.45) is 0. The van der Waals surface area contributed by atoms with Gasteiger partial charge in [0.25, 0.3) is 0 Å². The lowest BCUT2D eigenvalue weighted by Crippen LogP contribution is -2.09. The van der Waals surface area contributed by atoms with E-state index >= 15 is 0 Å². The zero-order valence-corrected chi connectivity index (χ0v) is 9.24. The van der Waals surface area contributed by atoms with E-state index in [2.05, 4.69) is 20.7 Å². The van der Waals surface area contributed by atoms with Gasteiger partial charge in [0.15, 0.2) is 0 Å². The van der Waals surface area contributed by atoms with E-state index in [-0.39, 0.29) is 11.9 Å². The molecule has 0 aliphatic heterocycles. The quantitative estimate of drug-likeness (QED) is 0.753. The second-order valence-corrected chi connectivity index (χ2v) is 4.88. The van der Waals surface area contributed by atoms with E-state index in [9.17, 15) is 4.79 Å². The highest BCUT2D eigenvalue weighted by Gasteiger charge is 2.16. The third kappa shape index (κ3) is 2.08. The minimum absolute atomic E-state index is 0.161. The topological polar surface area (TPSA) is 26.3 Å². The lowest BCUT2D eigenvalue weighted by Gasteiger charge is -2.04. The molecule has 1 rings (SSSR count). The molecular formula is C8H9BrO2S. The summed E-state index contributed by atoms with van der Waals surface area (Å²) < 4.78 is 5.66. The van der Waals surface area contributed by atoms with Crippen LogP contribution in [0.4, 0.5) is 0 Å². The lowest BCUT2D eigenvalue weighted by atomic mass is 10.1. The molecule has 2 nitrogen and oxygen atoms in total. The van der Waals surface area contributed by atoms with Gasteiger partial charge >= 0.3 is 5.97 Å². The van der Waals surface area contributed by atoms with Crippen molar-refractivity contribution in [1.82, 2.24) is 0 Å². The molecule has 66 valence electrons. The average Bonchev–Trinajstić information content (AvgIpc) is 2.49. The van der Waals surface area contributed by atoms with Crippen molar-refractivity contribution in [2.45, 2.75) is 12.8 Å². The van der Waals surface area contributed by atoms with Crippen molar-refractivity contribution in [1.29, 1.82) is 0 Å². The zero-order valence-electron chi connectivity index (χ0n) is 6.83. The molecule has 0 fully saturated rings. The summed E-state index contributed by atoms with van der Waals surface area (Å²) in [5.41, 5.74) is 0. The fourth-order valence-corrected chi connectivity index (χ4v) is 2.32. The van der Waals surface area contributed by atoms with Crippen LogP contribution in [0.2, 0.25) is 0 Å². The number of carbonyl (C=O) groups is 1. The second kappa shape index (κ2) is 4.05. The highest BCUT2D eigenvalue weighted by atomic mass is 79.9. The number of carbonyl (C=O) groups excluding carboxylic acids is 1. The van der Waals surface area contributed by atoms with Crippen LogP contribution in [-0.4, -0.2) is 13.1 Å². The molecule has 1 unspecified atom stereocenters. The maximum Gasteiger partial charge on any atom is 0.313 e. The number of hydrogen-bond acceptors (Lipinski definition) is 3. The molecule has 0 spiro atoms. The molecule has 0 saturated heterocycles. The van der Waals surface area contributed by atoms with E-state index in [4.69, 9.17) is 0 Å². The van der Waals surface area contributed by atoms with Crippen molar-refractivity contribution < 1.29 is 9.53 Å². The van der Waals surface area contributed by atoms with Crippen LogP contribution in [0.5, 0.6) is 0 Å². The highest BCUT2D eigenvalue weighted by Crippen LogP contribution is 2.28. The Balaban J connectivity index is 2.77. The standard InChI is InChI=1S/C8H9BrO2S/c1-5(8(10)11-2)6-3-4-7(9)12-6/h3-5H,1-2H3. The molecule has 12 heavy (non-hydrogen) atoms. The number of rotatable bonds is 2. The van der Waals surface area contributed by atoms with Gasteiger partial charge in [-0.1, -0.05) is 0 Å². The number of methoxy groups -OCH3 is 1. The Morgan fingerprint density at radius 2 is 2.33 bits per heavy atom. The van der Waals surface area contributed by atoms with Gasteiger partial charge in [0.1, 0.15) is 0 Å². The van der Waals surface area contributed by atoms with Gasteiger partial charge in [-0.15, -0.1) is 11.3 Å². The number of thiophene rings is 1. The molecule has 0 N–H and O–H groups in total. The van der Waals surface area contributed by atoms with Gasteiger partial charge in [0, 0.05) is 4.88 Å². The maximum absolute atomic E-state index is 11.1. The normalized spacial score (nSPS) is 12.6. The summed E-state index contributed by atoms with van der Waals surface area (Å²) in [5.74, 6) is -0.351. The summed E-state index contributed by atoms with van der Waals surface area (Å²) in [6.45, 7) is 1.84. The first-order chi connectivity index (χ1) is 5.65. The van der Waals surface area contributed by atoms with Crippen LogP contribution < -0.4 is 0 Å². The van der Waals surface area contributed by atoms with Crippen molar-refractivity contribution in [2.24, 2.45) is 0 Å². The van der Waals surface area contributed by atoms with Crippen LogP contribution in [0.1, 0.15) is 17.7 Å². The predicted octanol–water partition coefficient (Wildman–Crippen LogP) is 2.79. The summed E-state index contributed by atoms with van der Waals surface area (Å²) >= 11 is 4.89. The van der Waals surface area contributed by atoms with Gasteiger partial charge in [0.2, 0.25) is 0 Å². The largest absolute Gasteiger partial charge is 0.469 e. The fraction of sp³-hybridized carbons (Fsp3) is 0.375. The second-order valence-electron chi connectivity index (χ2n) is 2.39. The summed E-state index contributed by atoms with van der Waals surface area (Å²) in [5, 5.41) is 0. The Bertz CT molecular complexity index is 282. The van der Waals surface area contributed by atoms with Crippen molar-refractivity contribution in [3.63, 3.8) is 0 Å². The first-order valence-electron chi connectivity index (χ1n) is 3.48. The Kier molecular flexibility index (Phi) is 3.29. The van der Waals surface area contributed by atoms with E-state index in [1.165, 1.54) is 7.11 Å². The van der Waals surface area contributed by atoms with Crippen molar-refractivity contribution in [3.8, 4) is 0 Å². The molecule has 1 heterocycles. The highest BCUT2D eigenvalue weighted by molar-refractivity contribution is 9.11. The minimum Gasteiger partial charge on any atom is -0.469 e. The van der Waals surface area contributed by atoms with Gasteiger partial charge in [0.05, 0.1) is 16.8 Å². The number of esters is 1. The van der Waals surface area contributed by atoms with Crippen molar-refractivity contribution in [2.75, 3.05) is 7.11 Å². The van der Waals surface area contributed by atoms with E-state index in [0.29, 0.717) is 0 Å². The summed E-state index contributed by atoms with van der Waals surface area (Å²) in [6, 6.07) is 3.86. The third-order valence-corrected chi connectivity index (χ3v) is 3.38. The molecule has 4 heteroatoms. The molecule has 0 amide bonds. The van der Waals surface area contributed by atoms with Crippen LogP contribution in [0.25, 0.3) is 0 Å². The van der Waals surface area contributed by atoms with Crippen molar-refractivity contribution in [3.05, 3.63) is 20.8 Å². The van der Waals surface area contributed by atoms with E-state index in [1.54, 1.807) is 11.3 Å². The fourth-order valence-electron chi connectivity index (χ4n) is 0.854. The summed E-state index contributed by atoms with van der Waals surface area (Å²) in [4.78, 5) is 12.1. The molecule has 0 aliphatic carbocycles. The van der Waals surface area contributed by atoms with Crippen LogP contribution in [0, 0.1) is 0 Å². The van der Waals surface area contributed by atoms with Crippen LogP contribution in [0.3, 0.4) is 0 Å². The lowest BCUT2D eigenvalue weighted by molar-refractivity contribution is -0.141. The van der Waals surface area contributed by atoms with Crippen molar-refractivity contribution >= 4 is 33.2 Å². The van der Waals surface area contributed by atoms with E-state index in [0.717, 1.165) is 8.66 Å². The molecule has 0 bridgehead atoms. The van der Waals surface area contributed by atoms with Gasteiger partial charge in [-0.3, -0.25) is 4.79 Å². The SMILES string of the molecule is COC(=O)C(C)c1ccc(Br)s1. The van der Waals surface area contributed by atoms with Gasteiger partial charge in [-0.25, -0.2) is 0 Å². The molecule has 0 radical (unpaired) electrons. The third-order valence-electron chi connectivity index (χ3n) is 1.58. The number of ether oxygens (including phenoxy) is 1. The first kappa shape index (κ1) is 9.74. The Morgan fingerprint density at radius 3 is 2.75 bits per heavy atom. The molecule has 0 aromatic carbocycles. The monoisotopic (exact) mass is 248 g/mol. The molecule has 0 aliphatic rings. The smallest absolute Gasteiger partial charge is 0.313 e. The number of halogens is 1. The van der Waals surface area contributed by atoms with E-state index in [1.807, 2.05) is 19.1 Å². The van der Waals surface area contributed by atoms with Crippen LogP contribution >= 0.6 is 27.3 Å². The Labute approximate surface area is 83.7 Å². The Hall–Kier alpha value is -0.350. The molecule has 1 aromatic heterocycles. The van der Waals surface area contributed by atoms with Gasteiger partial charge in [-0.2, -0.15) is 0 Å². The van der Waals surface area contributed by atoms with Crippen LogP contribution in [0.15, 0.2) is 15.9 Å².